The smallest absolute Gasteiger partial charge is 0.333 e. The van der Waals surface area contributed by atoms with Crippen LogP contribution < -0.4 is 0 Å². The molecule has 0 saturated heterocycles. The van der Waals surface area contributed by atoms with Crippen molar-refractivity contribution in [3.63, 3.8) is 0 Å². The Morgan fingerprint density at radius 3 is 2.60 bits per heavy atom. The molecular formula is C11H20O3Si. The van der Waals surface area contributed by atoms with Crippen LogP contribution in [0.2, 0.25) is 12.6 Å². The van der Waals surface area contributed by atoms with Crippen LogP contribution in [0.1, 0.15) is 13.8 Å². The number of aliphatic hydroxyl groups is 1. The first-order valence-corrected chi connectivity index (χ1v) is 8.05. The molecule has 0 aromatic carbocycles. The third-order valence-corrected chi connectivity index (χ3v) is 5.73. The SMILES string of the molecule is C=C(C)C(=O)OCC=C[Si](C)(CC)CO. The highest BCUT2D eigenvalue weighted by Crippen LogP contribution is 2.09. The second kappa shape index (κ2) is 6.58. The predicted octanol–water partition coefficient (Wildman–Crippen LogP) is 1.83. The molecule has 15 heavy (non-hydrogen) atoms. The normalized spacial score (nSPS) is 14.9. The van der Waals surface area contributed by atoms with Crippen molar-refractivity contribution in [2.75, 3.05) is 12.8 Å². The number of hydrogen-bond donors (Lipinski definition) is 1. The molecule has 1 N–H and O–H groups in total. The van der Waals surface area contributed by atoms with E-state index in [1.54, 1.807) is 6.92 Å². The molecule has 1 unspecified atom stereocenters. The zero-order valence-electron chi connectivity index (χ0n) is 9.75. The van der Waals surface area contributed by atoms with Crippen molar-refractivity contribution in [1.82, 2.24) is 0 Å². The Morgan fingerprint density at radius 1 is 1.60 bits per heavy atom. The fourth-order valence-corrected chi connectivity index (χ4v) is 2.09. The molecule has 0 bridgehead atoms. The predicted molar refractivity (Wildman–Crippen MR) is 64.1 cm³/mol. The number of esters is 1. The Kier molecular flexibility index (Phi) is 6.20. The molecular weight excluding hydrogens is 208 g/mol. The van der Waals surface area contributed by atoms with Gasteiger partial charge >= 0.3 is 5.97 Å². The molecule has 0 aliphatic carbocycles. The summed E-state index contributed by atoms with van der Waals surface area (Å²) in [6.45, 7) is 9.51. The van der Waals surface area contributed by atoms with E-state index >= 15 is 0 Å². The van der Waals surface area contributed by atoms with Gasteiger partial charge in [0.1, 0.15) is 14.7 Å². The number of rotatable bonds is 6. The molecule has 0 aromatic heterocycles. The fourth-order valence-electron chi connectivity index (χ4n) is 0.862. The summed E-state index contributed by atoms with van der Waals surface area (Å²) in [6, 6.07) is 0.981. The summed E-state index contributed by atoms with van der Waals surface area (Å²) in [5.41, 5.74) is 2.42. The van der Waals surface area contributed by atoms with Gasteiger partial charge in [0.05, 0.1) is 0 Å². The summed E-state index contributed by atoms with van der Waals surface area (Å²) < 4.78 is 4.90. The lowest BCUT2D eigenvalue weighted by Gasteiger charge is -2.17. The van der Waals surface area contributed by atoms with Crippen LogP contribution in [0.3, 0.4) is 0 Å². The quantitative estimate of drug-likeness (QED) is 0.428. The average Bonchev–Trinajstić information content (AvgIpc) is 2.23. The van der Waals surface area contributed by atoms with Gasteiger partial charge in [0.25, 0.3) is 0 Å². The van der Waals surface area contributed by atoms with Gasteiger partial charge < -0.3 is 9.84 Å². The molecule has 0 spiro atoms. The summed E-state index contributed by atoms with van der Waals surface area (Å²) in [5.74, 6) is -0.372. The highest BCUT2D eigenvalue weighted by Gasteiger charge is 2.19. The molecule has 0 heterocycles. The number of carbonyl (C=O) groups is 1. The van der Waals surface area contributed by atoms with Gasteiger partial charge in [-0.05, 0) is 6.92 Å². The lowest BCUT2D eigenvalue weighted by Crippen LogP contribution is -2.32. The monoisotopic (exact) mass is 228 g/mol. The van der Waals surface area contributed by atoms with E-state index in [0.29, 0.717) is 5.57 Å². The maximum Gasteiger partial charge on any atom is 0.333 e. The van der Waals surface area contributed by atoms with Crippen molar-refractivity contribution in [2.24, 2.45) is 0 Å². The summed E-state index contributed by atoms with van der Waals surface area (Å²) in [7, 11) is -1.64. The maximum absolute atomic E-state index is 11.0. The van der Waals surface area contributed by atoms with E-state index in [-0.39, 0.29) is 18.8 Å². The van der Waals surface area contributed by atoms with E-state index in [9.17, 15) is 9.90 Å². The molecule has 1 atom stereocenters. The first-order chi connectivity index (χ1) is 6.95. The molecule has 0 radical (unpaired) electrons. The van der Waals surface area contributed by atoms with Gasteiger partial charge in [0.15, 0.2) is 0 Å². The van der Waals surface area contributed by atoms with Crippen molar-refractivity contribution >= 4 is 14.0 Å². The van der Waals surface area contributed by atoms with Gasteiger partial charge in [-0.3, -0.25) is 0 Å². The van der Waals surface area contributed by atoms with Crippen LogP contribution in [-0.4, -0.2) is 32.0 Å². The average molecular weight is 228 g/mol. The van der Waals surface area contributed by atoms with E-state index < -0.39 is 8.07 Å². The number of hydrogen-bond acceptors (Lipinski definition) is 3. The fraction of sp³-hybridized carbons (Fsp3) is 0.545. The van der Waals surface area contributed by atoms with Gasteiger partial charge in [0, 0.05) is 11.8 Å². The molecule has 0 aliphatic heterocycles. The molecule has 3 nitrogen and oxygen atoms in total. The van der Waals surface area contributed by atoms with Crippen molar-refractivity contribution in [2.45, 2.75) is 26.4 Å². The van der Waals surface area contributed by atoms with Crippen molar-refractivity contribution < 1.29 is 14.6 Å². The van der Waals surface area contributed by atoms with Gasteiger partial charge in [-0.15, -0.1) is 0 Å². The summed E-state index contributed by atoms with van der Waals surface area (Å²) in [4.78, 5) is 11.0. The standard InChI is InChI=1S/C11H20O3Si/c1-5-15(4,9-12)8-6-7-14-11(13)10(2)3/h6,8,12H,2,5,7,9H2,1,3-4H3. The molecule has 0 rings (SSSR count). The van der Waals surface area contributed by atoms with Crippen LogP contribution in [0, 0.1) is 0 Å². The molecule has 0 fully saturated rings. The zero-order chi connectivity index (χ0) is 11.9. The largest absolute Gasteiger partial charge is 0.458 e. The van der Waals surface area contributed by atoms with E-state index in [4.69, 9.17) is 4.74 Å². The molecule has 0 aromatic rings. The minimum absolute atomic E-state index is 0.231. The highest BCUT2D eigenvalue weighted by molar-refractivity contribution is 6.83. The van der Waals surface area contributed by atoms with Gasteiger partial charge in [-0.25, -0.2) is 4.79 Å². The number of ether oxygens (including phenoxy) is 1. The van der Waals surface area contributed by atoms with E-state index in [0.717, 1.165) is 6.04 Å². The topological polar surface area (TPSA) is 46.5 Å². The Hall–Kier alpha value is -0.873. The zero-order valence-corrected chi connectivity index (χ0v) is 10.7. The third-order valence-electron chi connectivity index (χ3n) is 2.35. The van der Waals surface area contributed by atoms with Crippen LogP contribution >= 0.6 is 0 Å². The molecule has 0 aliphatic rings. The van der Waals surface area contributed by atoms with Crippen LogP contribution in [0.25, 0.3) is 0 Å². The van der Waals surface area contributed by atoms with E-state index in [1.807, 2.05) is 11.8 Å². The second-order valence-corrected chi connectivity index (χ2v) is 8.61. The number of carbonyl (C=O) groups excluding carboxylic acids is 1. The molecule has 0 saturated carbocycles. The third kappa shape index (κ3) is 5.54. The van der Waals surface area contributed by atoms with Gasteiger partial charge in [-0.2, -0.15) is 0 Å². The summed E-state index contributed by atoms with van der Waals surface area (Å²) >= 11 is 0. The van der Waals surface area contributed by atoms with Crippen molar-refractivity contribution in [1.29, 1.82) is 0 Å². The second-order valence-electron chi connectivity index (χ2n) is 3.95. The minimum Gasteiger partial charge on any atom is -0.458 e. The van der Waals surface area contributed by atoms with E-state index in [2.05, 4.69) is 20.0 Å². The van der Waals surface area contributed by atoms with Gasteiger partial charge in [-0.1, -0.05) is 37.9 Å². The van der Waals surface area contributed by atoms with Crippen molar-refractivity contribution in [3.8, 4) is 0 Å². The Bertz CT molecular complexity index is 255. The van der Waals surface area contributed by atoms with Crippen LogP contribution in [0.5, 0.6) is 0 Å². The van der Waals surface area contributed by atoms with Gasteiger partial charge in [0.2, 0.25) is 0 Å². The molecule has 0 amide bonds. The maximum atomic E-state index is 11.0. The van der Waals surface area contributed by atoms with Crippen molar-refractivity contribution in [3.05, 3.63) is 23.9 Å². The van der Waals surface area contributed by atoms with Crippen LogP contribution in [0.15, 0.2) is 23.9 Å². The molecule has 86 valence electrons. The summed E-state index contributed by atoms with van der Waals surface area (Å²) in [6.07, 6.45) is 2.04. The Morgan fingerprint density at radius 2 is 2.20 bits per heavy atom. The van der Waals surface area contributed by atoms with E-state index in [1.165, 1.54) is 0 Å². The first-order valence-electron chi connectivity index (χ1n) is 5.06. The highest BCUT2D eigenvalue weighted by atomic mass is 28.3. The lowest BCUT2D eigenvalue weighted by atomic mass is 10.4. The van der Waals surface area contributed by atoms with Crippen LogP contribution in [-0.2, 0) is 9.53 Å². The number of aliphatic hydroxyl groups excluding tert-OH is 1. The van der Waals surface area contributed by atoms with Crippen LogP contribution in [0.4, 0.5) is 0 Å². The lowest BCUT2D eigenvalue weighted by molar-refractivity contribution is -0.137. The minimum atomic E-state index is -1.64. The first kappa shape index (κ1) is 14.1. The molecule has 4 heteroatoms. The Balaban J connectivity index is 4.00. The summed E-state index contributed by atoms with van der Waals surface area (Å²) in [5, 5.41) is 9.17. The Labute approximate surface area is 92.5 Å².